The van der Waals surface area contributed by atoms with Gasteiger partial charge in [-0.1, -0.05) is 12.1 Å². The fourth-order valence-electron chi connectivity index (χ4n) is 2.93. The summed E-state index contributed by atoms with van der Waals surface area (Å²) in [5.74, 6) is 0.716. The van der Waals surface area contributed by atoms with Crippen LogP contribution in [0.15, 0.2) is 47.3 Å². The molecule has 3 aromatic heterocycles. The summed E-state index contributed by atoms with van der Waals surface area (Å²) in [7, 11) is 0. The number of aromatic amines is 1. The van der Waals surface area contributed by atoms with E-state index in [0.717, 1.165) is 27.7 Å². The van der Waals surface area contributed by atoms with Gasteiger partial charge in [0.05, 0.1) is 5.69 Å². The molecule has 1 aromatic carbocycles. The number of H-pyrrole nitrogens is 1. The van der Waals surface area contributed by atoms with Crippen LogP contribution in [-0.4, -0.2) is 26.1 Å². The number of hydrogen-bond donors (Lipinski definition) is 2. The van der Waals surface area contributed by atoms with E-state index in [4.69, 9.17) is 9.15 Å². The summed E-state index contributed by atoms with van der Waals surface area (Å²) in [5, 5.41) is 11.8. The van der Waals surface area contributed by atoms with Gasteiger partial charge in [-0.25, -0.2) is 4.98 Å². The third kappa shape index (κ3) is 3.57. The fraction of sp³-hybridized carbons (Fsp3) is 0.200. The second-order valence-corrected chi connectivity index (χ2v) is 6.36. The van der Waals surface area contributed by atoms with E-state index in [1.54, 1.807) is 12.4 Å². The molecule has 4 aromatic rings. The Morgan fingerprint density at radius 1 is 1.29 bits per heavy atom. The first-order valence-corrected chi connectivity index (χ1v) is 8.80. The van der Waals surface area contributed by atoms with Crippen LogP contribution in [0.5, 0.6) is 5.75 Å². The summed E-state index contributed by atoms with van der Waals surface area (Å²) in [4.78, 5) is 20.6. The van der Waals surface area contributed by atoms with E-state index in [9.17, 15) is 4.79 Å². The number of rotatable bonds is 6. The van der Waals surface area contributed by atoms with Crippen LogP contribution < -0.4 is 10.1 Å². The monoisotopic (exact) mass is 377 g/mol. The van der Waals surface area contributed by atoms with Gasteiger partial charge in [-0.2, -0.15) is 5.10 Å². The molecule has 0 bridgehead atoms. The minimum atomic E-state index is -0.314. The summed E-state index contributed by atoms with van der Waals surface area (Å²) in [6.07, 6.45) is 4.82. The van der Waals surface area contributed by atoms with Crippen LogP contribution in [0.4, 0.5) is 0 Å². The Hall–Kier alpha value is -3.68. The number of amides is 1. The fourth-order valence-corrected chi connectivity index (χ4v) is 2.93. The smallest absolute Gasteiger partial charge is 0.273 e. The highest BCUT2D eigenvalue weighted by molar-refractivity contribution is 5.91. The third-order valence-corrected chi connectivity index (χ3v) is 4.48. The number of nitrogens with one attached hydrogen (secondary N) is 2. The average Bonchev–Trinajstić information content (AvgIpc) is 3.31. The van der Waals surface area contributed by atoms with E-state index in [0.29, 0.717) is 18.2 Å². The molecule has 0 fully saturated rings. The highest BCUT2D eigenvalue weighted by atomic mass is 16.5. The number of benzene rings is 1. The molecule has 2 N–H and O–H groups in total. The maximum Gasteiger partial charge on any atom is 0.273 e. The molecule has 0 atom stereocenters. The van der Waals surface area contributed by atoms with Crippen molar-refractivity contribution in [2.24, 2.45) is 0 Å². The van der Waals surface area contributed by atoms with E-state index in [2.05, 4.69) is 25.5 Å². The molecule has 0 aliphatic heterocycles. The van der Waals surface area contributed by atoms with Gasteiger partial charge in [-0.05, 0) is 26.0 Å². The van der Waals surface area contributed by atoms with Crippen molar-refractivity contribution in [2.75, 3.05) is 0 Å². The molecule has 3 heterocycles. The molecule has 0 aliphatic rings. The van der Waals surface area contributed by atoms with Crippen molar-refractivity contribution < 1.29 is 13.9 Å². The maximum atomic E-state index is 12.3. The SMILES string of the molecule is Cc1n[nH]c(C)c1CNC(=O)c1coc(COc2cccc3cnccc23)n1. The maximum absolute atomic E-state index is 12.3. The molecule has 28 heavy (non-hydrogen) atoms. The molecular weight excluding hydrogens is 358 g/mol. The first kappa shape index (κ1) is 17.7. The molecule has 4 rings (SSSR count). The normalized spacial score (nSPS) is 10.9. The van der Waals surface area contributed by atoms with Crippen LogP contribution in [0.2, 0.25) is 0 Å². The summed E-state index contributed by atoms with van der Waals surface area (Å²) < 4.78 is 11.2. The number of fused-ring (bicyclic) bond motifs is 1. The van der Waals surface area contributed by atoms with Crippen LogP contribution in [0.3, 0.4) is 0 Å². The lowest BCUT2D eigenvalue weighted by Crippen LogP contribution is -2.23. The van der Waals surface area contributed by atoms with Crippen molar-refractivity contribution in [2.45, 2.75) is 27.0 Å². The van der Waals surface area contributed by atoms with Gasteiger partial charge in [0.2, 0.25) is 5.89 Å². The lowest BCUT2D eigenvalue weighted by Gasteiger charge is -2.07. The van der Waals surface area contributed by atoms with Crippen LogP contribution in [0, 0.1) is 13.8 Å². The second-order valence-electron chi connectivity index (χ2n) is 6.36. The van der Waals surface area contributed by atoms with Crippen LogP contribution >= 0.6 is 0 Å². The Kier molecular flexibility index (Phi) is 4.76. The minimum Gasteiger partial charge on any atom is -0.483 e. The molecule has 8 nitrogen and oxygen atoms in total. The molecule has 0 unspecified atom stereocenters. The van der Waals surface area contributed by atoms with Gasteiger partial charge in [0.25, 0.3) is 5.91 Å². The molecular formula is C20H19N5O3. The summed E-state index contributed by atoms with van der Waals surface area (Å²) in [6.45, 7) is 4.29. The minimum absolute atomic E-state index is 0.120. The molecule has 0 radical (unpaired) electrons. The lowest BCUT2D eigenvalue weighted by atomic mass is 10.1. The molecule has 142 valence electrons. The number of aryl methyl sites for hydroxylation is 2. The zero-order chi connectivity index (χ0) is 19.5. The van der Waals surface area contributed by atoms with E-state index in [-0.39, 0.29) is 18.2 Å². The van der Waals surface area contributed by atoms with Gasteiger partial charge in [0, 0.05) is 41.0 Å². The first-order valence-electron chi connectivity index (χ1n) is 8.80. The van der Waals surface area contributed by atoms with Crippen molar-refractivity contribution in [3.63, 3.8) is 0 Å². The number of hydrogen-bond acceptors (Lipinski definition) is 6. The predicted octanol–water partition coefficient (Wildman–Crippen LogP) is 3.07. The Labute approximate surface area is 161 Å². The largest absolute Gasteiger partial charge is 0.483 e. The zero-order valence-corrected chi connectivity index (χ0v) is 15.5. The molecule has 1 amide bonds. The van der Waals surface area contributed by atoms with Gasteiger partial charge in [-0.3, -0.25) is 14.9 Å². The Morgan fingerprint density at radius 2 is 2.18 bits per heavy atom. The van der Waals surface area contributed by atoms with Crippen molar-refractivity contribution in [3.05, 3.63) is 71.5 Å². The molecule has 0 saturated carbocycles. The summed E-state index contributed by atoms with van der Waals surface area (Å²) in [5.41, 5.74) is 2.96. The highest BCUT2D eigenvalue weighted by Crippen LogP contribution is 2.25. The van der Waals surface area contributed by atoms with Gasteiger partial charge in [0.1, 0.15) is 12.0 Å². The third-order valence-electron chi connectivity index (χ3n) is 4.48. The van der Waals surface area contributed by atoms with Crippen LogP contribution in [0.1, 0.15) is 33.3 Å². The average molecular weight is 377 g/mol. The standard InChI is InChI=1S/C20H19N5O3/c1-12-16(13(2)25-24-12)9-22-20(26)17-10-28-19(23-17)11-27-18-5-3-4-14-8-21-7-6-15(14)18/h3-8,10H,9,11H2,1-2H3,(H,22,26)(H,24,25). The van der Waals surface area contributed by atoms with E-state index < -0.39 is 0 Å². The molecule has 0 saturated heterocycles. The van der Waals surface area contributed by atoms with E-state index in [1.165, 1.54) is 6.26 Å². The Balaban J connectivity index is 1.39. The predicted molar refractivity (Wildman–Crippen MR) is 102 cm³/mol. The van der Waals surface area contributed by atoms with Crippen molar-refractivity contribution in [3.8, 4) is 5.75 Å². The molecule has 0 spiro atoms. The van der Waals surface area contributed by atoms with Crippen molar-refractivity contribution >= 4 is 16.7 Å². The number of carbonyl (C=O) groups excluding carboxylic acids is 1. The zero-order valence-electron chi connectivity index (χ0n) is 15.5. The van der Waals surface area contributed by atoms with E-state index in [1.807, 2.05) is 38.1 Å². The van der Waals surface area contributed by atoms with Crippen molar-refractivity contribution in [1.29, 1.82) is 0 Å². The van der Waals surface area contributed by atoms with Gasteiger partial charge in [0.15, 0.2) is 12.3 Å². The van der Waals surface area contributed by atoms with Gasteiger partial charge >= 0.3 is 0 Å². The van der Waals surface area contributed by atoms with Crippen LogP contribution in [0.25, 0.3) is 10.8 Å². The quantitative estimate of drug-likeness (QED) is 0.535. The highest BCUT2D eigenvalue weighted by Gasteiger charge is 2.14. The molecule has 8 heteroatoms. The summed E-state index contributed by atoms with van der Waals surface area (Å²) >= 11 is 0. The molecule has 0 aliphatic carbocycles. The first-order chi connectivity index (χ1) is 13.6. The van der Waals surface area contributed by atoms with Gasteiger partial charge in [-0.15, -0.1) is 0 Å². The second kappa shape index (κ2) is 7.51. The van der Waals surface area contributed by atoms with E-state index >= 15 is 0 Å². The lowest BCUT2D eigenvalue weighted by molar-refractivity contribution is 0.0945. The number of nitrogens with zero attached hydrogens (tertiary/aromatic N) is 3. The Bertz CT molecular complexity index is 1110. The number of oxazole rings is 1. The van der Waals surface area contributed by atoms with Crippen LogP contribution in [-0.2, 0) is 13.2 Å². The number of ether oxygens (including phenoxy) is 1. The number of pyridine rings is 1. The van der Waals surface area contributed by atoms with Crippen molar-refractivity contribution in [1.82, 2.24) is 25.5 Å². The number of carbonyl (C=O) groups is 1. The van der Waals surface area contributed by atoms with Gasteiger partial charge < -0.3 is 14.5 Å². The Morgan fingerprint density at radius 3 is 3.00 bits per heavy atom. The topological polar surface area (TPSA) is 106 Å². The number of aromatic nitrogens is 4. The summed E-state index contributed by atoms with van der Waals surface area (Å²) in [6, 6.07) is 7.62.